The van der Waals surface area contributed by atoms with Crippen LogP contribution in [0.2, 0.25) is 18.1 Å². The lowest BCUT2D eigenvalue weighted by Crippen LogP contribution is -2.21. The lowest BCUT2D eigenvalue weighted by atomic mass is 9.76. The topological polar surface area (TPSA) is 9.23 Å². The lowest BCUT2D eigenvalue weighted by Gasteiger charge is -2.30. The van der Waals surface area contributed by atoms with E-state index in [0.29, 0.717) is 12.2 Å². The highest BCUT2D eigenvalue weighted by Gasteiger charge is 2.27. The van der Waals surface area contributed by atoms with E-state index < -0.39 is 11.6 Å². The van der Waals surface area contributed by atoms with Crippen LogP contribution in [0, 0.1) is 23.5 Å². The van der Waals surface area contributed by atoms with Crippen LogP contribution in [0.1, 0.15) is 109 Å². The number of ether oxygens (including phenoxy) is 1. The Labute approximate surface area is 197 Å². The molecule has 182 valence electrons. The minimum absolute atomic E-state index is 0.0368. The minimum Gasteiger partial charge on any atom is -0.491 e. The van der Waals surface area contributed by atoms with E-state index in [1.807, 2.05) is 0 Å². The largest absolute Gasteiger partial charge is 0.491 e. The summed E-state index contributed by atoms with van der Waals surface area (Å²) in [5.74, 6) is 0.483. The molecule has 0 N–H and O–H groups in total. The van der Waals surface area contributed by atoms with Gasteiger partial charge in [-0.25, -0.2) is 4.39 Å². The maximum absolute atomic E-state index is 14.5. The zero-order valence-electron chi connectivity index (χ0n) is 20.6. The standard InChI is InChI=1S/C28H46F2OSi/c1-3-5-8-19-32-20-17-23(18-21-32)10-7-6-9-22-11-13-24(14-12-22)25-15-16-26(31-4-2)28(30)27(25)29/h15-16,22-24,32H,3-14,17-21H2,1-2H3. The summed E-state index contributed by atoms with van der Waals surface area (Å²) in [5, 5.41) is 0. The molecule has 32 heavy (non-hydrogen) atoms. The van der Waals surface area contributed by atoms with Crippen LogP contribution in [0.4, 0.5) is 8.78 Å². The fraction of sp³-hybridized carbons (Fsp3) is 0.786. The molecule has 0 spiro atoms. The van der Waals surface area contributed by atoms with Crippen molar-refractivity contribution in [1.82, 2.24) is 0 Å². The Kier molecular flexibility index (Phi) is 11.0. The Hall–Kier alpha value is -0.903. The second-order valence-electron chi connectivity index (χ2n) is 10.6. The number of hydrogen-bond donors (Lipinski definition) is 0. The van der Waals surface area contributed by atoms with Gasteiger partial charge in [-0.3, -0.25) is 0 Å². The SMILES string of the molecule is CCCCC[SiH]1CCC(CCCCC2CCC(c3ccc(OCC)c(F)c3F)CC2)CC1. The summed E-state index contributed by atoms with van der Waals surface area (Å²) in [7, 11) is -0.364. The molecule has 1 heterocycles. The second-order valence-corrected chi connectivity index (χ2v) is 14.1. The lowest BCUT2D eigenvalue weighted by molar-refractivity contribution is 0.288. The maximum atomic E-state index is 14.5. The molecule has 0 bridgehead atoms. The summed E-state index contributed by atoms with van der Waals surface area (Å²) in [6.07, 6.45) is 17.2. The molecule has 2 fully saturated rings. The van der Waals surface area contributed by atoms with Gasteiger partial charge in [0.05, 0.1) is 6.61 Å². The van der Waals surface area contributed by atoms with Gasteiger partial charge in [-0.15, -0.1) is 0 Å². The summed E-state index contributed by atoms with van der Waals surface area (Å²) in [6.45, 7) is 4.45. The molecule has 1 aromatic rings. The quantitative estimate of drug-likeness (QED) is 0.221. The molecule has 0 amide bonds. The molecule has 4 heteroatoms. The van der Waals surface area contributed by atoms with Crippen molar-refractivity contribution in [3.63, 3.8) is 0 Å². The average Bonchev–Trinajstić information content (AvgIpc) is 2.82. The van der Waals surface area contributed by atoms with E-state index in [4.69, 9.17) is 4.74 Å². The maximum Gasteiger partial charge on any atom is 0.200 e. The molecule has 1 aliphatic heterocycles. The summed E-state index contributed by atoms with van der Waals surface area (Å²) >= 11 is 0. The molecule has 0 unspecified atom stereocenters. The predicted molar refractivity (Wildman–Crippen MR) is 135 cm³/mol. The smallest absolute Gasteiger partial charge is 0.200 e. The summed E-state index contributed by atoms with van der Waals surface area (Å²) in [6, 6.07) is 8.18. The molecule has 1 aliphatic carbocycles. The van der Waals surface area contributed by atoms with E-state index in [0.717, 1.165) is 37.5 Å². The van der Waals surface area contributed by atoms with Crippen LogP contribution in [-0.4, -0.2) is 15.4 Å². The molecule has 0 radical (unpaired) electrons. The van der Waals surface area contributed by atoms with Gasteiger partial charge in [0.15, 0.2) is 11.6 Å². The van der Waals surface area contributed by atoms with Gasteiger partial charge < -0.3 is 4.74 Å². The minimum atomic E-state index is -0.816. The first-order valence-corrected chi connectivity index (χ1v) is 16.2. The van der Waals surface area contributed by atoms with Crippen molar-refractivity contribution in [2.24, 2.45) is 11.8 Å². The van der Waals surface area contributed by atoms with E-state index >= 15 is 0 Å². The molecular formula is C28H46F2OSi. The molecule has 1 saturated carbocycles. The van der Waals surface area contributed by atoms with Crippen LogP contribution in [0.3, 0.4) is 0 Å². The van der Waals surface area contributed by atoms with Crippen LogP contribution in [-0.2, 0) is 0 Å². The average molecular weight is 465 g/mol. The molecule has 1 aromatic carbocycles. The highest BCUT2D eigenvalue weighted by atomic mass is 28.3. The van der Waals surface area contributed by atoms with E-state index in [1.165, 1.54) is 57.8 Å². The molecule has 0 atom stereocenters. The number of unbranched alkanes of at least 4 members (excludes halogenated alkanes) is 3. The third-order valence-corrected chi connectivity index (χ3v) is 11.8. The second kappa shape index (κ2) is 13.7. The van der Waals surface area contributed by atoms with Crippen molar-refractivity contribution in [1.29, 1.82) is 0 Å². The third-order valence-electron chi connectivity index (χ3n) is 8.32. The van der Waals surface area contributed by atoms with Crippen LogP contribution >= 0.6 is 0 Å². The Morgan fingerprint density at radius 2 is 1.47 bits per heavy atom. The Bertz CT molecular complexity index is 664. The summed E-state index contributed by atoms with van der Waals surface area (Å²) < 4.78 is 34.0. The van der Waals surface area contributed by atoms with Crippen molar-refractivity contribution >= 4 is 8.80 Å². The zero-order chi connectivity index (χ0) is 22.8. The fourth-order valence-electron chi connectivity index (χ4n) is 6.25. The summed E-state index contributed by atoms with van der Waals surface area (Å²) in [4.78, 5) is 0. The van der Waals surface area contributed by atoms with Crippen LogP contribution < -0.4 is 4.74 Å². The first-order valence-electron chi connectivity index (χ1n) is 13.7. The van der Waals surface area contributed by atoms with Crippen LogP contribution in [0.15, 0.2) is 12.1 Å². The molecule has 3 rings (SSSR count). The van der Waals surface area contributed by atoms with E-state index in [-0.39, 0.29) is 20.5 Å². The molecule has 1 saturated heterocycles. The monoisotopic (exact) mass is 464 g/mol. The number of benzene rings is 1. The highest BCUT2D eigenvalue weighted by molar-refractivity contribution is 6.58. The van der Waals surface area contributed by atoms with E-state index in [2.05, 4.69) is 6.92 Å². The van der Waals surface area contributed by atoms with E-state index in [9.17, 15) is 8.78 Å². The predicted octanol–water partition coefficient (Wildman–Crippen LogP) is 9.03. The van der Waals surface area contributed by atoms with Gasteiger partial charge in [0.1, 0.15) is 0 Å². The molecule has 0 aromatic heterocycles. The highest BCUT2D eigenvalue weighted by Crippen LogP contribution is 2.40. The third kappa shape index (κ3) is 7.57. The van der Waals surface area contributed by atoms with Crippen LogP contribution in [0.5, 0.6) is 5.75 Å². The Morgan fingerprint density at radius 1 is 0.812 bits per heavy atom. The van der Waals surface area contributed by atoms with Crippen molar-refractivity contribution < 1.29 is 13.5 Å². The van der Waals surface area contributed by atoms with E-state index in [1.54, 1.807) is 37.2 Å². The normalized spacial score (nSPS) is 26.2. The Morgan fingerprint density at radius 3 is 2.09 bits per heavy atom. The zero-order valence-corrected chi connectivity index (χ0v) is 21.8. The fourth-order valence-corrected chi connectivity index (χ4v) is 9.87. The first-order chi connectivity index (χ1) is 15.6. The van der Waals surface area contributed by atoms with Crippen molar-refractivity contribution in [3.05, 3.63) is 29.3 Å². The number of halogens is 2. The van der Waals surface area contributed by atoms with Gasteiger partial charge in [0.25, 0.3) is 0 Å². The van der Waals surface area contributed by atoms with Gasteiger partial charge >= 0.3 is 0 Å². The van der Waals surface area contributed by atoms with Crippen LogP contribution in [0.25, 0.3) is 0 Å². The van der Waals surface area contributed by atoms with Gasteiger partial charge in [-0.05, 0) is 62.0 Å². The molecule has 1 nitrogen and oxygen atoms in total. The van der Waals surface area contributed by atoms with Crippen molar-refractivity contribution in [3.8, 4) is 5.75 Å². The molecule has 2 aliphatic rings. The van der Waals surface area contributed by atoms with Gasteiger partial charge in [-0.2, -0.15) is 4.39 Å². The number of rotatable bonds is 12. The Balaban J connectivity index is 1.30. The summed E-state index contributed by atoms with van der Waals surface area (Å²) in [5.41, 5.74) is 0.554. The van der Waals surface area contributed by atoms with Gasteiger partial charge in [-0.1, -0.05) is 88.9 Å². The molecular weight excluding hydrogens is 418 g/mol. The number of hydrogen-bond acceptors (Lipinski definition) is 1. The van der Waals surface area contributed by atoms with Crippen molar-refractivity contribution in [2.75, 3.05) is 6.61 Å². The van der Waals surface area contributed by atoms with Crippen molar-refractivity contribution in [2.45, 2.75) is 121 Å². The first kappa shape index (κ1) is 25.7. The van der Waals surface area contributed by atoms with Gasteiger partial charge in [0.2, 0.25) is 5.82 Å². The van der Waals surface area contributed by atoms with Gasteiger partial charge in [0, 0.05) is 8.80 Å².